The Morgan fingerprint density at radius 3 is 2.43 bits per heavy atom. The third-order valence-electron chi connectivity index (χ3n) is 3.30. The topological polar surface area (TPSA) is 74.7 Å². The highest BCUT2D eigenvalue weighted by molar-refractivity contribution is 7.91. The van der Waals surface area contributed by atoms with Crippen molar-refractivity contribution in [3.8, 4) is 0 Å². The van der Waals surface area contributed by atoms with Crippen LogP contribution in [0, 0.1) is 0 Å². The Hall–Kier alpha value is -1.56. The van der Waals surface area contributed by atoms with Crippen LogP contribution in [0.5, 0.6) is 0 Å². The van der Waals surface area contributed by atoms with Crippen LogP contribution in [0.15, 0.2) is 29.2 Å². The first-order valence-corrected chi connectivity index (χ1v) is 8.75. The number of hydrogen-bond acceptors (Lipinski definition) is 4. The maximum Gasteiger partial charge on any atom is 0.303 e. The average Bonchev–Trinajstić information content (AvgIpc) is 2.43. The summed E-state index contributed by atoms with van der Waals surface area (Å²) in [5.41, 5.74) is 0.653. The molecule has 6 heteroatoms. The maximum atomic E-state index is 12.2. The standard InChI is InChI=1S/C15H23NO4S/c1-4-21(19,20)14-9-6-5-8-13(14)16(12(2)3)11-7-10-15(17)18/h5-6,8-9,12H,4,7,10-11H2,1-3H3,(H,17,18). The Morgan fingerprint density at radius 2 is 1.90 bits per heavy atom. The number of carboxylic acids is 1. The minimum Gasteiger partial charge on any atom is -0.481 e. The van der Waals surface area contributed by atoms with E-state index in [2.05, 4.69) is 0 Å². The monoisotopic (exact) mass is 313 g/mol. The van der Waals surface area contributed by atoms with Crippen molar-refractivity contribution in [3.05, 3.63) is 24.3 Å². The van der Waals surface area contributed by atoms with E-state index in [9.17, 15) is 13.2 Å². The molecule has 5 nitrogen and oxygen atoms in total. The number of carboxylic acid groups (broad SMARTS) is 1. The van der Waals surface area contributed by atoms with E-state index in [1.807, 2.05) is 18.7 Å². The fourth-order valence-electron chi connectivity index (χ4n) is 2.17. The Kier molecular flexibility index (Phi) is 6.20. The third-order valence-corrected chi connectivity index (χ3v) is 5.08. The van der Waals surface area contributed by atoms with Gasteiger partial charge in [-0.05, 0) is 32.4 Å². The van der Waals surface area contributed by atoms with Crippen LogP contribution in [0.3, 0.4) is 0 Å². The van der Waals surface area contributed by atoms with E-state index in [-0.39, 0.29) is 18.2 Å². The van der Waals surface area contributed by atoms with Crippen molar-refractivity contribution < 1.29 is 18.3 Å². The molecule has 1 N–H and O–H groups in total. The number of carbonyl (C=O) groups is 1. The Bertz CT molecular complexity index is 581. The van der Waals surface area contributed by atoms with E-state index >= 15 is 0 Å². The molecule has 0 fully saturated rings. The van der Waals surface area contributed by atoms with Gasteiger partial charge in [-0.15, -0.1) is 0 Å². The SMILES string of the molecule is CCS(=O)(=O)c1ccccc1N(CCCC(=O)O)C(C)C. The van der Waals surface area contributed by atoms with Gasteiger partial charge in [-0.3, -0.25) is 4.79 Å². The van der Waals surface area contributed by atoms with E-state index in [0.29, 0.717) is 23.5 Å². The number of anilines is 1. The molecule has 0 atom stereocenters. The zero-order valence-electron chi connectivity index (χ0n) is 12.7. The lowest BCUT2D eigenvalue weighted by atomic mass is 10.2. The molecule has 0 saturated heterocycles. The molecule has 21 heavy (non-hydrogen) atoms. The Morgan fingerprint density at radius 1 is 1.29 bits per heavy atom. The van der Waals surface area contributed by atoms with Crippen LogP contribution in [0.2, 0.25) is 0 Å². The van der Waals surface area contributed by atoms with E-state index in [0.717, 1.165) is 0 Å². The van der Waals surface area contributed by atoms with Crippen molar-refractivity contribution in [2.24, 2.45) is 0 Å². The first kappa shape index (κ1) is 17.5. The summed E-state index contributed by atoms with van der Waals surface area (Å²) in [5.74, 6) is -0.793. The molecule has 0 amide bonds. The van der Waals surface area contributed by atoms with Gasteiger partial charge in [0.15, 0.2) is 9.84 Å². The number of rotatable bonds is 8. The van der Waals surface area contributed by atoms with Gasteiger partial charge in [0.1, 0.15) is 0 Å². The lowest BCUT2D eigenvalue weighted by Gasteiger charge is -2.30. The predicted octanol–water partition coefficient (Wildman–Crippen LogP) is 2.56. The van der Waals surface area contributed by atoms with Gasteiger partial charge in [-0.2, -0.15) is 0 Å². The number of para-hydroxylation sites is 1. The lowest BCUT2D eigenvalue weighted by molar-refractivity contribution is -0.137. The molecular formula is C15H23NO4S. The minimum atomic E-state index is -3.31. The van der Waals surface area contributed by atoms with E-state index in [1.165, 1.54) is 0 Å². The number of benzene rings is 1. The molecule has 0 aromatic heterocycles. The second-order valence-electron chi connectivity index (χ2n) is 5.16. The van der Waals surface area contributed by atoms with Gasteiger partial charge in [-0.1, -0.05) is 19.1 Å². The molecule has 0 aliphatic heterocycles. The van der Waals surface area contributed by atoms with Crippen molar-refractivity contribution in [1.82, 2.24) is 0 Å². The molecule has 0 aliphatic rings. The zero-order valence-corrected chi connectivity index (χ0v) is 13.6. The van der Waals surface area contributed by atoms with Crippen molar-refractivity contribution in [3.63, 3.8) is 0 Å². The second kappa shape index (κ2) is 7.45. The second-order valence-corrected chi connectivity index (χ2v) is 7.40. The highest BCUT2D eigenvalue weighted by Crippen LogP contribution is 2.27. The van der Waals surface area contributed by atoms with Crippen molar-refractivity contribution >= 4 is 21.5 Å². The van der Waals surface area contributed by atoms with E-state index in [1.54, 1.807) is 31.2 Å². The van der Waals surface area contributed by atoms with E-state index < -0.39 is 15.8 Å². The normalized spacial score (nSPS) is 11.6. The van der Waals surface area contributed by atoms with Gasteiger partial charge in [-0.25, -0.2) is 8.42 Å². The van der Waals surface area contributed by atoms with Crippen molar-refractivity contribution in [1.29, 1.82) is 0 Å². The maximum absolute atomic E-state index is 12.2. The molecule has 1 aromatic carbocycles. The van der Waals surface area contributed by atoms with Gasteiger partial charge in [0.05, 0.1) is 16.3 Å². The minimum absolute atomic E-state index is 0.0467. The molecule has 0 unspecified atom stereocenters. The molecule has 1 aromatic rings. The summed E-state index contributed by atoms with van der Waals surface area (Å²) in [6.07, 6.45) is 0.555. The van der Waals surface area contributed by atoms with Crippen LogP contribution >= 0.6 is 0 Å². The van der Waals surface area contributed by atoms with Crippen LogP contribution < -0.4 is 4.90 Å². The number of sulfone groups is 1. The highest BCUT2D eigenvalue weighted by atomic mass is 32.2. The summed E-state index contributed by atoms with van der Waals surface area (Å²) in [6.45, 7) is 6.07. The molecule has 0 radical (unpaired) electrons. The fraction of sp³-hybridized carbons (Fsp3) is 0.533. The molecule has 0 aliphatic carbocycles. The van der Waals surface area contributed by atoms with Gasteiger partial charge in [0, 0.05) is 19.0 Å². The van der Waals surface area contributed by atoms with Crippen LogP contribution in [-0.4, -0.2) is 37.8 Å². The largest absolute Gasteiger partial charge is 0.481 e. The molecule has 0 saturated carbocycles. The quantitative estimate of drug-likeness (QED) is 0.798. The summed E-state index contributed by atoms with van der Waals surface area (Å²) in [4.78, 5) is 12.9. The summed E-state index contributed by atoms with van der Waals surface area (Å²) in [7, 11) is -3.31. The summed E-state index contributed by atoms with van der Waals surface area (Å²) < 4.78 is 24.4. The lowest BCUT2D eigenvalue weighted by Crippen LogP contribution is -2.33. The van der Waals surface area contributed by atoms with Crippen molar-refractivity contribution in [2.75, 3.05) is 17.2 Å². The van der Waals surface area contributed by atoms with Crippen LogP contribution in [-0.2, 0) is 14.6 Å². The highest BCUT2D eigenvalue weighted by Gasteiger charge is 2.21. The molecule has 0 spiro atoms. The van der Waals surface area contributed by atoms with Crippen LogP contribution in [0.4, 0.5) is 5.69 Å². The fourth-order valence-corrected chi connectivity index (χ4v) is 3.27. The number of nitrogens with zero attached hydrogens (tertiary/aromatic N) is 1. The number of aliphatic carboxylic acids is 1. The molecule has 0 heterocycles. The van der Waals surface area contributed by atoms with Crippen molar-refractivity contribution in [2.45, 2.75) is 44.6 Å². The predicted molar refractivity (Wildman–Crippen MR) is 83.5 cm³/mol. The zero-order chi connectivity index (χ0) is 16.0. The summed E-state index contributed by atoms with van der Waals surface area (Å²) in [5, 5.41) is 8.74. The smallest absolute Gasteiger partial charge is 0.303 e. The van der Waals surface area contributed by atoms with Gasteiger partial charge < -0.3 is 10.0 Å². The Labute approximate surface area is 126 Å². The Balaban J connectivity index is 3.12. The van der Waals surface area contributed by atoms with Gasteiger partial charge >= 0.3 is 5.97 Å². The molecule has 118 valence electrons. The van der Waals surface area contributed by atoms with Gasteiger partial charge in [0.25, 0.3) is 0 Å². The van der Waals surface area contributed by atoms with Crippen LogP contribution in [0.1, 0.15) is 33.6 Å². The van der Waals surface area contributed by atoms with Crippen LogP contribution in [0.25, 0.3) is 0 Å². The third kappa shape index (κ3) is 4.74. The average molecular weight is 313 g/mol. The first-order chi connectivity index (χ1) is 9.79. The summed E-state index contributed by atoms with van der Waals surface area (Å²) in [6, 6.07) is 7.00. The molecular weight excluding hydrogens is 290 g/mol. The molecule has 1 rings (SSSR count). The first-order valence-electron chi connectivity index (χ1n) is 7.09. The summed E-state index contributed by atoms with van der Waals surface area (Å²) >= 11 is 0. The number of hydrogen-bond donors (Lipinski definition) is 1. The van der Waals surface area contributed by atoms with Gasteiger partial charge in [0.2, 0.25) is 0 Å². The molecule has 0 bridgehead atoms. The van der Waals surface area contributed by atoms with E-state index in [4.69, 9.17) is 5.11 Å².